The fourth-order valence-electron chi connectivity index (χ4n) is 3.01. The normalized spacial score (nSPS) is 29.5. The molecular formula is C17H22N2O4. The summed E-state index contributed by atoms with van der Waals surface area (Å²) in [5.41, 5.74) is 0. The second kappa shape index (κ2) is 7.00. The largest absolute Gasteiger partial charge is 0.486 e. The van der Waals surface area contributed by atoms with Crippen LogP contribution < -0.4 is 15.4 Å². The standard InChI is InChI=1S/C17H22N2O4/c1-2-22-14-10-13(16(14)23-11-6-4-3-5-7-11)19-17(21)12-8-9-15(20)18-12/h3-7,12-14,16H,2,8-10H2,1H3,(H,18,20)(H,19,21)/t12-,13+,14-,16-/m1/s1. The van der Waals surface area contributed by atoms with E-state index in [1.54, 1.807) is 0 Å². The number of hydrogen-bond acceptors (Lipinski definition) is 4. The molecular weight excluding hydrogens is 296 g/mol. The van der Waals surface area contributed by atoms with E-state index in [1.165, 1.54) is 0 Å². The molecule has 2 amide bonds. The Labute approximate surface area is 135 Å². The Kier molecular flexibility index (Phi) is 4.81. The summed E-state index contributed by atoms with van der Waals surface area (Å²) in [5, 5.41) is 5.66. The number of carbonyl (C=O) groups is 2. The van der Waals surface area contributed by atoms with E-state index in [-0.39, 0.29) is 30.1 Å². The van der Waals surface area contributed by atoms with Crippen molar-refractivity contribution < 1.29 is 19.1 Å². The van der Waals surface area contributed by atoms with Crippen molar-refractivity contribution in [1.82, 2.24) is 10.6 Å². The lowest BCUT2D eigenvalue weighted by molar-refractivity contribution is -0.134. The molecule has 4 atom stereocenters. The molecule has 6 nitrogen and oxygen atoms in total. The van der Waals surface area contributed by atoms with Crippen LogP contribution in [0.4, 0.5) is 0 Å². The fraction of sp³-hybridized carbons (Fsp3) is 0.529. The molecule has 2 N–H and O–H groups in total. The van der Waals surface area contributed by atoms with Crippen molar-refractivity contribution in [2.24, 2.45) is 0 Å². The topological polar surface area (TPSA) is 76.7 Å². The molecule has 0 bridgehead atoms. The molecule has 6 heteroatoms. The maximum Gasteiger partial charge on any atom is 0.242 e. The average molecular weight is 318 g/mol. The van der Waals surface area contributed by atoms with Gasteiger partial charge in [0.25, 0.3) is 0 Å². The molecule has 1 aliphatic carbocycles. The molecule has 124 valence electrons. The first-order chi connectivity index (χ1) is 11.2. The molecule has 23 heavy (non-hydrogen) atoms. The van der Waals surface area contributed by atoms with E-state index in [0.717, 1.165) is 12.2 Å². The number of rotatable bonds is 6. The van der Waals surface area contributed by atoms with E-state index in [4.69, 9.17) is 9.47 Å². The minimum Gasteiger partial charge on any atom is -0.486 e. The molecule has 1 aromatic rings. The van der Waals surface area contributed by atoms with Gasteiger partial charge in [-0.1, -0.05) is 18.2 Å². The first kappa shape index (κ1) is 15.8. The maximum absolute atomic E-state index is 12.2. The van der Waals surface area contributed by atoms with Gasteiger partial charge in [0, 0.05) is 19.4 Å². The highest BCUT2D eigenvalue weighted by Gasteiger charge is 2.45. The van der Waals surface area contributed by atoms with Crippen LogP contribution in [-0.2, 0) is 14.3 Å². The SMILES string of the molecule is CCO[C@@H]1C[C@H](NC(=O)[C@H]2CCC(=O)N2)[C@H]1Oc1ccccc1. The van der Waals surface area contributed by atoms with Crippen LogP contribution in [0.5, 0.6) is 5.75 Å². The van der Waals surface area contributed by atoms with Crippen LogP contribution in [0.25, 0.3) is 0 Å². The highest BCUT2D eigenvalue weighted by Crippen LogP contribution is 2.29. The summed E-state index contributed by atoms with van der Waals surface area (Å²) < 4.78 is 11.7. The smallest absolute Gasteiger partial charge is 0.242 e. The van der Waals surface area contributed by atoms with Crippen molar-refractivity contribution in [3.8, 4) is 5.75 Å². The highest BCUT2D eigenvalue weighted by atomic mass is 16.5. The Hall–Kier alpha value is -2.08. The molecule has 1 aliphatic heterocycles. The molecule has 0 unspecified atom stereocenters. The predicted octanol–water partition coefficient (Wildman–Crippen LogP) is 1.01. The Morgan fingerprint density at radius 3 is 2.78 bits per heavy atom. The van der Waals surface area contributed by atoms with Crippen molar-refractivity contribution in [2.45, 2.75) is 50.5 Å². The van der Waals surface area contributed by atoms with Gasteiger partial charge in [0.1, 0.15) is 17.9 Å². The van der Waals surface area contributed by atoms with Gasteiger partial charge in [-0.05, 0) is 25.5 Å². The Morgan fingerprint density at radius 1 is 1.35 bits per heavy atom. The second-order valence-corrected chi connectivity index (χ2v) is 5.90. The van der Waals surface area contributed by atoms with Crippen LogP contribution in [0.15, 0.2) is 30.3 Å². The molecule has 2 fully saturated rings. The van der Waals surface area contributed by atoms with Gasteiger partial charge in [0.2, 0.25) is 11.8 Å². The molecule has 1 saturated carbocycles. The van der Waals surface area contributed by atoms with E-state index in [1.807, 2.05) is 37.3 Å². The lowest BCUT2D eigenvalue weighted by atomic mass is 9.84. The molecule has 2 aliphatic rings. The third-order valence-corrected chi connectivity index (χ3v) is 4.28. The van der Waals surface area contributed by atoms with Crippen molar-refractivity contribution in [3.63, 3.8) is 0 Å². The Bertz CT molecular complexity index is 563. The summed E-state index contributed by atoms with van der Waals surface area (Å²) in [6, 6.07) is 8.99. The minimum absolute atomic E-state index is 0.0244. The quantitative estimate of drug-likeness (QED) is 0.820. The summed E-state index contributed by atoms with van der Waals surface area (Å²) in [4.78, 5) is 23.5. The fourth-order valence-corrected chi connectivity index (χ4v) is 3.01. The number of carbonyl (C=O) groups excluding carboxylic acids is 2. The zero-order chi connectivity index (χ0) is 16.2. The van der Waals surface area contributed by atoms with Gasteiger partial charge in [-0.15, -0.1) is 0 Å². The lowest BCUT2D eigenvalue weighted by Gasteiger charge is -2.44. The van der Waals surface area contributed by atoms with Crippen molar-refractivity contribution in [2.75, 3.05) is 6.61 Å². The van der Waals surface area contributed by atoms with Gasteiger partial charge in [-0.3, -0.25) is 9.59 Å². The third kappa shape index (κ3) is 3.64. The van der Waals surface area contributed by atoms with Gasteiger partial charge in [-0.25, -0.2) is 0 Å². The van der Waals surface area contributed by atoms with Crippen molar-refractivity contribution in [1.29, 1.82) is 0 Å². The summed E-state index contributed by atoms with van der Waals surface area (Å²) in [5.74, 6) is 0.552. The van der Waals surface area contributed by atoms with Gasteiger partial charge in [0.15, 0.2) is 0 Å². The van der Waals surface area contributed by atoms with Gasteiger partial charge < -0.3 is 20.1 Å². The van der Waals surface area contributed by atoms with Crippen LogP contribution in [0.2, 0.25) is 0 Å². The third-order valence-electron chi connectivity index (χ3n) is 4.28. The number of para-hydroxylation sites is 1. The maximum atomic E-state index is 12.2. The lowest BCUT2D eigenvalue weighted by Crippen LogP contribution is -2.64. The monoisotopic (exact) mass is 318 g/mol. The molecule has 1 heterocycles. The molecule has 0 radical (unpaired) electrons. The van der Waals surface area contributed by atoms with E-state index < -0.39 is 6.04 Å². The van der Waals surface area contributed by atoms with Crippen molar-refractivity contribution in [3.05, 3.63) is 30.3 Å². The summed E-state index contributed by atoms with van der Waals surface area (Å²) >= 11 is 0. The van der Waals surface area contributed by atoms with Gasteiger partial charge in [0.05, 0.1) is 12.1 Å². The number of amides is 2. The Morgan fingerprint density at radius 2 is 2.13 bits per heavy atom. The minimum atomic E-state index is -0.425. The summed E-state index contributed by atoms with van der Waals surface area (Å²) in [6.07, 6.45) is 1.45. The zero-order valence-corrected chi connectivity index (χ0v) is 13.2. The van der Waals surface area contributed by atoms with Crippen LogP contribution >= 0.6 is 0 Å². The predicted molar refractivity (Wildman–Crippen MR) is 84.0 cm³/mol. The average Bonchev–Trinajstić information content (AvgIpc) is 2.99. The number of hydrogen-bond donors (Lipinski definition) is 2. The first-order valence-electron chi connectivity index (χ1n) is 8.10. The molecule has 3 rings (SSSR count). The van der Waals surface area contributed by atoms with Gasteiger partial charge in [-0.2, -0.15) is 0 Å². The van der Waals surface area contributed by atoms with Crippen LogP contribution in [0.1, 0.15) is 26.2 Å². The van der Waals surface area contributed by atoms with Gasteiger partial charge >= 0.3 is 0 Å². The van der Waals surface area contributed by atoms with E-state index in [2.05, 4.69) is 10.6 Å². The summed E-state index contributed by atoms with van der Waals surface area (Å²) in [6.45, 7) is 2.55. The number of ether oxygens (including phenoxy) is 2. The summed E-state index contributed by atoms with van der Waals surface area (Å²) in [7, 11) is 0. The van der Waals surface area contributed by atoms with Crippen LogP contribution in [0.3, 0.4) is 0 Å². The van der Waals surface area contributed by atoms with E-state index >= 15 is 0 Å². The van der Waals surface area contributed by atoms with Crippen LogP contribution in [0, 0.1) is 0 Å². The zero-order valence-electron chi connectivity index (χ0n) is 13.2. The van der Waals surface area contributed by atoms with E-state index in [0.29, 0.717) is 19.4 Å². The van der Waals surface area contributed by atoms with E-state index in [9.17, 15) is 9.59 Å². The molecule has 0 spiro atoms. The number of benzene rings is 1. The first-order valence-corrected chi connectivity index (χ1v) is 8.10. The second-order valence-electron chi connectivity index (χ2n) is 5.90. The number of nitrogens with one attached hydrogen (secondary N) is 2. The van der Waals surface area contributed by atoms with Crippen LogP contribution in [-0.4, -0.2) is 42.7 Å². The highest BCUT2D eigenvalue weighted by molar-refractivity contribution is 5.91. The molecule has 1 saturated heterocycles. The Balaban J connectivity index is 1.59. The molecule has 1 aromatic carbocycles. The molecule has 0 aromatic heterocycles. The van der Waals surface area contributed by atoms with Crippen molar-refractivity contribution >= 4 is 11.8 Å².